The van der Waals surface area contributed by atoms with Gasteiger partial charge in [-0.15, -0.1) is 0 Å². The van der Waals surface area contributed by atoms with Crippen molar-refractivity contribution in [3.05, 3.63) is 59.4 Å². The van der Waals surface area contributed by atoms with Gasteiger partial charge in [-0.05, 0) is 37.5 Å². The highest BCUT2D eigenvalue weighted by molar-refractivity contribution is 5.41. The zero-order valence-electron chi connectivity index (χ0n) is 15.4. The molecule has 26 heavy (non-hydrogen) atoms. The molecular formula is C19H24N6O. The highest BCUT2D eigenvalue weighted by atomic mass is 16.5. The smallest absolute Gasteiger partial charge is 0.138 e. The zero-order chi connectivity index (χ0) is 18.1. The fraction of sp³-hybridized carbons (Fsp3) is 0.421. The van der Waals surface area contributed by atoms with Gasteiger partial charge in [0.1, 0.15) is 18.8 Å². The Morgan fingerprint density at radius 3 is 2.88 bits per heavy atom. The lowest BCUT2D eigenvalue weighted by Gasteiger charge is -2.20. The van der Waals surface area contributed by atoms with Crippen LogP contribution in [0.3, 0.4) is 0 Å². The van der Waals surface area contributed by atoms with Crippen molar-refractivity contribution in [3.63, 3.8) is 0 Å². The summed E-state index contributed by atoms with van der Waals surface area (Å²) >= 11 is 0. The molecule has 1 aromatic carbocycles. The van der Waals surface area contributed by atoms with Crippen LogP contribution in [0, 0.1) is 13.8 Å². The lowest BCUT2D eigenvalue weighted by Crippen LogP contribution is -2.31. The second-order valence-corrected chi connectivity index (χ2v) is 6.87. The second-order valence-electron chi connectivity index (χ2n) is 6.87. The molecule has 2 atom stereocenters. The number of nitrogens with zero attached hydrogens (tertiary/aromatic N) is 5. The van der Waals surface area contributed by atoms with Crippen molar-refractivity contribution in [1.82, 2.24) is 29.9 Å². The van der Waals surface area contributed by atoms with Crippen LogP contribution >= 0.6 is 0 Å². The Bertz CT molecular complexity index is 886. The number of benzene rings is 1. The van der Waals surface area contributed by atoms with Crippen LogP contribution in [0.2, 0.25) is 0 Å². The van der Waals surface area contributed by atoms with E-state index in [4.69, 9.17) is 4.74 Å². The average molecular weight is 352 g/mol. The number of rotatable bonds is 5. The Morgan fingerprint density at radius 2 is 2.19 bits per heavy atom. The van der Waals surface area contributed by atoms with Gasteiger partial charge in [0.25, 0.3) is 0 Å². The summed E-state index contributed by atoms with van der Waals surface area (Å²) in [5.74, 6) is 0. The van der Waals surface area contributed by atoms with Gasteiger partial charge in [-0.25, -0.2) is 9.67 Å². The molecule has 1 saturated heterocycles. The molecule has 7 nitrogen and oxygen atoms in total. The van der Waals surface area contributed by atoms with E-state index in [1.165, 1.54) is 16.7 Å². The van der Waals surface area contributed by atoms with Gasteiger partial charge in [0.15, 0.2) is 0 Å². The summed E-state index contributed by atoms with van der Waals surface area (Å²) < 4.78 is 9.64. The standard InChI is InChI=1S/C19H24N6O/c1-13-8-15(4-5-18(13)25-12-20-11-22-25)9-21-17-6-7-26-19(17)16-10-24(3)23-14(16)2/h4-5,8,10-12,17,19,21H,6-7,9H2,1-3H3/t17-,19+/m0/s1. The number of hydrogen-bond donors (Lipinski definition) is 1. The normalized spacial score (nSPS) is 20.0. The maximum atomic E-state index is 5.99. The van der Waals surface area contributed by atoms with E-state index in [-0.39, 0.29) is 6.10 Å². The molecule has 2 aromatic heterocycles. The molecular weight excluding hydrogens is 328 g/mol. The fourth-order valence-electron chi connectivity index (χ4n) is 3.67. The molecule has 7 heteroatoms. The van der Waals surface area contributed by atoms with E-state index in [1.807, 2.05) is 18.7 Å². The SMILES string of the molecule is Cc1cc(CN[C@H]2CCO[C@@H]2c2cn(C)nc2C)ccc1-n1cncn1. The van der Waals surface area contributed by atoms with Gasteiger partial charge in [-0.1, -0.05) is 12.1 Å². The summed E-state index contributed by atoms with van der Waals surface area (Å²) in [7, 11) is 1.95. The molecule has 0 radical (unpaired) electrons. The molecule has 0 unspecified atom stereocenters. The van der Waals surface area contributed by atoms with Gasteiger partial charge in [0.2, 0.25) is 0 Å². The Hall–Kier alpha value is -2.51. The van der Waals surface area contributed by atoms with Gasteiger partial charge in [0.05, 0.1) is 11.4 Å². The lowest BCUT2D eigenvalue weighted by atomic mass is 10.0. The van der Waals surface area contributed by atoms with E-state index in [0.29, 0.717) is 6.04 Å². The first kappa shape index (κ1) is 16.9. The number of aromatic nitrogens is 5. The Balaban J connectivity index is 1.45. The maximum absolute atomic E-state index is 5.99. The molecule has 0 spiro atoms. The topological polar surface area (TPSA) is 69.8 Å². The third-order valence-corrected chi connectivity index (χ3v) is 4.94. The summed E-state index contributed by atoms with van der Waals surface area (Å²) in [4.78, 5) is 4.02. The van der Waals surface area contributed by atoms with Gasteiger partial charge < -0.3 is 10.1 Å². The number of aryl methyl sites for hydroxylation is 3. The average Bonchev–Trinajstić information content (AvgIpc) is 3.34. The highest BCUT2D eigenvalue weighted by Gasteiger charge is 2.31. The third-order valence-electron chi connectivity index (χ3n) is 4.94. The van der Waals surface area contributed by atoms with Crippen LogP contribution < -0.4 is 5.32 Å². The van der Waals surface area contributed by atoms with Crippen LogP contribution in [0.5, 0.6) is 0 Å². The summed E-state index contributed by atoms with van der Waals surface area (Å²) in [5.41, 5.74) is 5.70. The molecule has 1 aliphatic rings. The van der Waals surface area contributed by atoms with Crippen molar-refractivity contribution >= 4 is 0 Å². The molecule has 3 heterocycles. The molecule has 0 saturated carbocycles. The molecule has 1 aliphatic heterocycles. The van der Waals surface area contributed by atoms with Crippen molar-refractivity contribution in [3.8, 4) is 5.69 Å². The minimum Gasteiger partial charge on any atom is -0.372 e. The second kappa shape index (κ2) is 7.01. The van der Waals surface area contributed by atoms with Crippen LogP contribution in [-0.4, -0.2) is 37.2 Å². The van der Waals surface area contributed by atoms with E-state index in [2.05, 4.69) is 51.8 Å². The summed E-state index contributed by atoms with van der Waals surface area (Å²) in [6.45, 7) is 5.73. The van der Waals surface area contributed by atoms with E-state index >= 15 is 0 Å². The Kier molecular flexibility index (Phi) is 4.57. The predicted molar refractivity (Wildman–Crippen MR) is 98.0 cm³/mol. The predicted octanol–water partition coefficient (Wildman–Crippen LogP) is 2.24. The maximum Gasteiger partial charge on any atom is 0.138 e. The first-order chi connectivity index (χ1) is 12.6. The zero-order valence-corrected chi connectivity index (χ0v) is 15.4. The summed E-state index contributed by atoms with van der Waals surface area (Å²) in [6.07, 6.45) is 6.41. The van der Waals surface area contributed by atoms with Crippen LogP contribution in [0.4, 0.5) is 0 Å². The molecule has 3 aromatic rings. The fourth-order valence-corrected chi connectivity index (χ4v) is 3.67. The van der Waals surface area contributed by atoms with Gasteiger partial charge in [0, 0.05) is 38.0 Å². The number of ether oxygens (including phenoxy) is 1. The van der Waals surface area contributed by atoms with Crippen LogP contribution in [0.25, 0.3) is 5.69 Å². The van der Waals surface area contributed by atoms with Crippen molar-refractivity contribution in [2.45, 2.75) is 39.0 Å². The van der Waals surface area contributed by atoms with E-state index in [0.717, 1.165) is 31.0 Å². The number of nitrogens with one attached hydrogen (secondary N) is 1. The molecule has 1 N–H and O–H groups in total. The van der Waals surface area contributed by atoms with Gasteiger partial charge >= 0.3 is 0 Å². The van der Waals surface area contributed by atoms with Crippen molar-refractivity contribution < 1.29 is 4.74 Å². The van der Waals surface area contributed by atoms with Gasteiger partial charge in [-0.3, -0.25) is 4.68 Å². The largest absolute Gasteiger partial charge is 0.372 e. The molecule has 0 amide bonds. The molecule has 136 valence electrons. The molecule has 1 fully saturated rings. The van der Waals surface area contributed by atoms with Crippen LogP contribution in [0.1, 0.15) is 34.9 Å². The first-order valence-electron chi connectivity index (χ1n) is 8.91. The Labute approximate surface area is 153 Å². The molecule has 0 aliphatic carbocycles. The lowest BCUT2D eigenvalue weighted by molar-refractivity contribution is 0.0979. The van der Waals surface area contributed by atoms with E-state index in [9.17, 15) is 0 Å². The van der Waals surface area contributed by atoms with Crippen LogP contribution in [-0.2, 0) is 18.3 Å². The minimum atomic E-state index is 0.0687. The quantitative estimate of drug-likeness (QED) is 0.763. The van der Waals surface area contributed by atoms with Gasteiger partial charge in [-0.2, -0.15) is 10.2 Å². The van der Waals surface area contributed by atoms with Crippen molar-refractivity contribution in [2.75, 3.05) is 6.61 Å². The molecule has 4 rings (SSSR count). The highest BCUT2D eigenvalue weighted by Crippen LogP contribution is 2.31. The number of hydrogen-bond acceptors (Lipinski definition) is 5. The van der Waals surface area contributed by atoms with Crippen molar-refractivity contribution in [2.24, 2.45) is 7.05 Å². The Morgan fingerprint density at radius 1 is 1.31 bits per heavy atom. The van der Waals surface area contributed by atoms with Crippen molar-refractivity contribution in [1.29, 1.82) is 0 Å². The first-order valence-corrected chi connectivity index (χ1v) is 8.91. The third kappa shape index (κ3) is 3.27. The molecule has 0 bridgehead atoms. The summed E-state index contributed by atoms with van der Waals surface area (Å²) in [6, 6.07) is 6.73. The summed E-state index contributed by atoms with van der Waals surface area (Å²) in [5, 5.41) is 12.3. The van der Waals surface area contributed by atoms with E-state index < -0.39 is 0 Å². The van der Waals surface area contributed by atoms with Crippen LogP contribution in [0.15, 0.2) is 37.1 Å². The minimum absolute atomic E-state index is 0.0687. The monoisotopic (exact) mass is 352 g/mol. The van der Waals surface area contributed by atoms with E-state index in [1.54, 1.807) is 17.3 Å².